The van der Waals surface area contributed by atoms with Crippen LogP contribution in [0.5, 0.6) is 5.75 Å². The number of aliphatic hydroxyl groups excluding tert-OH is 1. The molecule has 5 nitrogen and oxygen atoms in total. The molecule has 0 aliphatic carbocycles. The molecule has 0 saturated heterocycles. The van der Waals surface area contributed by atoms with Crippen molar-refractivity contribution in [1.82, 2.24) is 0 Å². The number of likely N-dealkylation sites (N-methyl/N-ethyl adjacent to an activating group) is 1. The minimum Gasteiger partial charge on any atom is -0.465 e. The van der Waals surface area contributed by atoms with Crippen molar-refractivity contribution in [1.29, 1.82) is 0 Å². The second-order valence-corrected chi connectivity index (χ2v) is 6.77. The second-order valence-electron chi connectivity index (χ2n) is 5.91. The van der Waals surface area contributed by atoms with Crippen molar-refractivity contribution in [3.8, 4) is 5.75 Å². The van der Waals surface area contributed by atoms with Gasteiger partial charge >= 0.3 is 0 Å². The average Bonchev–Trinajstić information content (AvgIpc) is 3.14. The van der Waals surface area contributed by atoms with Gasteiger partial charge in [0.25, 0.3) is 0 Å². The molecule has 2 aromatic carbocycles. The van der Waals surface area contributed by atoms with E-state index in [0.29, 0.717) is 6.54 Å². The molecule has 138 valence electrons. The van der Waals surface area contributed by atoms with Crippen molar-refractivity contribution in [2.75, 3.05) is 31.9 Å². The first kappa shape index (κ1) is 18.8. The Bertz CT molecular complexity index is 864. The maximum absolute atomic E-state index is 10.8. The molecule has 0 radical (unpaired) electrons. The van der Waals surface area contributed by atoms with Gasteiger partial charge in [0.2, 0.25) is 0 Å². The number of anilines is 1. The highest BCUT2D eigenvalue weighted by atomic mass is 79.9. The van der Waals surface area contributed by atoms with Crippen molar-refractivity contribution < 1.29 is 19.0 Å². The first-order chi connectivity index (χ1) is 12.6. The number of ether oxygens (including phenoxy) is 2. The van der Waals surface area contributed by atoms with E-state index in [2.05, 4.69) is 27.8 Å². The molecular weight excluding hydrogens is 398 g/mol. The highest BCUT2D eigenvalue weighted by molar-refractivity contribution is 9.10. The summed E-state index contributed by atoms with van der Waals surface area (Å²) >= 11 is 3.51. The minimum absolute atomic E-state index is 0.182. The third-order valence-corrected chi connectivity index (χ3v) is 4.82. The standard InChI is InChI=1S/C20H22BrNO4/c1-3-22(17-6-4-5-7-19(17)26-13-24-2)12-18(23)15-10-14-8-9-25-20(14)16(21)11-15/h4-11,18,23H,3,12-13H2,1-2H3. The molecule has 0 aliphatic heterocycles. The molecule has 0 aliphatic rings. The van der Waals surface area contributed by atoms with Crippen molar-refractivity contribution in [2.24, 2.45) is 0 Å². The number of benzene rings is 2. The SMILES string of the molecule is CCN(CC(O)c1cc(Br)c2occc2c1)c1ccccc1OCOC. The van der Waals surface area contributed by atoms with Gasteiger partial charge in [-0.3, -0.25) is 0 Å². The summed E-state index contributed by atoms with van der Waals surface area (Å²) in [6.45, 7) is 3.41. The van der Waals surface area contributed by atoms with Gasteiger partial charge in [0.05, 0.1) is 22.5 Å². The molecule has 1 atom stereocenters. The molecule has 0 fully saturated rings. The van der Waals surface area contributed by atoms with E-state index in [0.717, 1.165) is 39.0 Å². The van der Waals surface area contributed by atoms with Crippen LogP contribution in [0.15, 0.2) is 57.6 Å². The molecule has 0 spiro atoms. The Morgan fingerprint density at radius 2 is 2.04 bits per heavy atom. The second kappa shape index (κ2) is 8.58. The highest BCUT2D eigenvalue weighted by Gasteiger charge is 2.18. The molecule has 0 bridgehead atoms. The largest absolute Gasteiger partial charge is 0.465 e. The maximum atomic E-state index is 10.8. The number of furan rings is 1. The Balaban J connectivity index is 1.83. The summed E-state index contributed by atoms with van der Waals surface area (Å²) in [5, 5.41) is 11.8. The number of hydrogen-bond acceptors (Lipinski definition) is 5. The number of para-hydroxylation sites is 2. The van der Waals surface area contributed by atoms with Gasteiger partial charge in [0.1, 0.15) is 11.3 Å². The fourth-order valence-electron chi connectivity index (χ4n) is 2.93. The lowest BCUT2D eigenvalue weighted by atomic mass is 10.1. The number of hydrogen-bond donors (Lipinski definition) is 1. The van der Waals surface area contributed by atoms with Crippen molar-refractivity contribution in [3.05, 3.63) is 58.8 Å². The Hall–Kier alpha value is -2.02. The fraction of sp³-hybridized carbons (Fsp3) is 0.300. The van der Waals surface area contributed by atoms with Crippen LogP contribution in [-0.2, 0) is 4.74 Å². The van der Waals surface area contributed by atoms with Gasteiger partial charge in [0.15, 0.2) is 6.79 Å². The van der Waals surface area contributed by atoms with E-state index in [1.54, 1.807) is 13.4 Å². The molecule has 0 saturated carbocycles. The minimum atomic E-state index is -0.652. The lowest BCUT2D eigenvalue weighted by Crippen LogP contribution is -2.29. The van der Waals surface area contributed by atoms with Crippen LogP contribution in [0.25, 0.3) is 11.0 Å². The van der Waals surface area contributed by atoms with Gasteiger partial charge in [-0.05, 0) is 58.7 Å². The predicted molar refractivity (Wildman–Crippen MR) is 106 cm³/mol. The molecule has 1 aromatic heterocycles. The van der Waals surface area contributed by atoms with Gasteiger partial charge < -0.3 is 23.9 Å². The summed E-state index contributed by atoms with van der Waals surface area (Å²) in [6.07, 6.45) is 0.994. The average molecular weight is 420 g/mol. The molecule has 0 amide bonds. The van der Waals surface area contributed by atoms with E-state index in [1.165, 1.54) is 0 Å². The van der Waals surface area contributed by atoms with Crippen LogP contribution in [0.1, 0.15) is 18.6 Å². The van der Waals surface area contributed by atoms with Gasteiger partial charge in [-0.25, -0.2) is 0 Å². The van der Waals surface area contributed by atoms with Crippen LogP contribution in [0.3, 0.4) is 0 Å². The predicted octanol–water partition coefficient (Wildman–Crippen LogP) is 4.74. The number of rotatable bonds is 8. The lowest BCUT2D eigenvalue weighted by molar-refractivity contribution is 0.0513. The van der Waals surface area contributed by atoms with E-state index >= 15 is 0 Å². The van der Waals surface area contributed by atoms with Gasteiger partial charge in [-0.2, -0.15) is 0 Å². The first-order valence-electron chi connectivity index (χ1n) is 8.44. The summed E-state index contributed by atoms with van der Waals surface area (Å²) in [6, 6.07) is 13.5. The van der Waals surface area contributed by atoms with E-state index in [4.69, 9.17) is 13.9 Å². The Morgan fingerprint density at radius 1 is 1.23 bits per heavy atom. The molecule has 1 heterocycles. The zero-order valence-electron chi connectivity index (χ0n) is 14.8. The third-order valence-electron chi connectivity index (χ3n) is 4.23. The topological polar surface area (TPSA) is 55.1 Å². The van der Waals surface area contributed by atoms with Gasteiger partial charge in [-0.15, -0.1) is 0 Å². The number of methoxy groups -OCH3 is 1. The van der Waals surface area contributed by atoms with Crippen LogP contribution < -0.4 is 9.64 Å². The Kier molecular flexibility index (Phi) is 6.19. The van der Waals surface area contributed by atoms with Crippen LogP contribution >= 0.6 is 15.9 Å². The maximum Gasteiger partial charge on any atom is 0.188 e. The molecule has 3 aromatic rings. The summed E-state index contributed by atoms with van der Waals surface area (Å²) < 4.78 is 16.9. The van der Waals surface area contributed by atoms with Gasteiger partial charge in [-0.1, -0.05) is 12.1 Å². The number of fused-ring (bicyclic) bond motifs is 1. The van der Waals surface area contributed by atoms with Crippen LogP contribution in [-0.4, -0.2) is 32.1 Å². The van der Waals surface area contributed by atoms with E-state index in [1.807, 2.05) is 42.5 Å². The molecule has 26 heavy (non-hydrogen) atoms. The molecule has 1 unspecified atom stereocenters. The Labute approximate surface area is 161 Å². The monoisotopic (exact) mass is 419 g/mol. The number of nitrogens with zero attached hydrogens (tertiary/aromatic N) is 1. The van der Waals surface area contributed by atoms with Crippen LogP contribution in [0, 0.1) is 0 Å². The van der Waals surface area contributed by atoms with Crippen LogP contribution in [0.4, 0.5) is 5.69 Å². The lowest BCUT2D eigenvalue weighted by Gasteiger charge is -2.28. The third kappa shape index (κ3) is 4.03. The van der Waals surface area contributed by atoms with E-state index in [9.17, 15) is 5.11 Å². The fourth-order valence-corrected chi connectivity index (χ4v) is 3.51. The molecule has 3 rings (SSSR count). The van der Waals surface area contributed by atoms with Crippen molar-refractivity contribution in [3.63, 3.8) is 0 Å². The molecule has 1 N–H and O–H groups in total. The summed E-state index contributed by atoms with van der Waals surface area (Å²) in [5.41, 5.74) is 2.54. The summed E-state index contributed by atoms with van der Waals surface area (Å²) in [5.74, 6) is 0.731. The van der Waals surface area contributed by atoms with Crippen molar-refractivity contribution >= 4 is 32.6 Å². The highest BCUT2D eigenvalue weighted by Crippen LogP contribution is 2.32. The van der Waals surface area contributed by atoms with Gasteiger partial charge in [0, 0.05) is 25.6 Å². The number of aliphatic hydroxyl groups is 1. The smallest absolute Gasteiger partial charge is 0.188 e. The summed E-state index contributed by atoms with van der Waals surface area (Å²) in [7, 11) is 1.59. The van der Waals surface area contributed by atoms with Crippen molar-refractivity contribution in [2.45, 2.75) is 13.0 Å². The summed E-state index contributed by atoms with van der Waals surface area (Å²) in [4.78, 5) is 2.09. The quantitative estimate of drug-likeness (QED) is 0.534. The normalized spacial score (nSPS) is 12.3. The number of halogens is 1. The van der Waals surface area contributed by atoms with E-state index < -0.39 is 6.10 Å². The Morgan fingerprint density at radius 3 is 2.81 bits per heavy atom. The van der Waals surface area contributed by atoms with Crippen LogP contribution in [0.2, 0.25) is 0 Å². The van der Waals surface area contributed by atoms with E-state index in [-0.39, 0.29) is 6.79 Å². The zero-order valence-corrected chi connectivity index (χ0v) is 16.4. The first-order valence-corrected chi connectivity index (χ1v) is 9.23. The zero-order chi connectivity index (χ0) is 18.5. The molecule has 6 heteroatoms. The molecular formula is C20H22BrNO4.